The van der Waals surface area contributed by atoms with Crippen molar-refractivity contribution in [1.82, 2.24) is 4.90 Å². The van der Waals surface area contributed by atoms with Crippen LogP contribution in [-0.2, 0) is 4.74 Å². The molecular weight excluding hydrogens is 243 g/mol. The summed E-state index contributed by atoms with van der Waals surface area (Å²) >= 11 is 0. The summed E-state index contributed by atoms with van der Waals surface area (Å²) in [5, 5.41) is 0. The molecule has 2 N–H and O–H groups in total. The summed E-state index contributed by atoms with van der Waals surface area (Å²) in [6.07, 6.45) is 2.06. The number of ether oxygens (including phenoxy) is 1. The predicted molar refractivity (Wildman–Crippen MR) is 74.4 cm³/mol. The Bertz CT molecular complexity index is 388. The summed E-state index contributed by atoms with van der Waals surface area (Å²) in [6, 6.07) is 7.26. The molecule has 1 aromatic rings. The molecule has 0 spiro atoms. The van der Waals surface area contributed by atoms with Gasteiger partial charge in [-0.2, -0.15) is 0 Å². The number of hydrogen-bond donors (Lipinski definition) is 1. The molecule has 2 rings (SSSR count). The molecule has 1 aliphatic rings. The molecule has 4 heteroatoms. The minimum atomic E-state index is -0.208. The molecule has 1 fully saturated rings. The summed E-state index contributed by atoms with van der Waals surface area (Å²) in [5.41, 5.74) is 7.22. The lowest BCUT2D eigenvalue weighted by Gasteiger charge is -2.39. The number of halogens is 1. The second-order valence-corrected chi connectivity index (χ2v) is 5.36. The van der Waals surface area contributed by atoms with Crippen LogP contribution in [0, 0.1) is 5.82 Å². The molecule has 19 heavy (non-hydrogen) atoms. The maximum Gasteiger partial charge on any atom is 0.123 e. The molecule has 0 radical (unpaired) electrons. The highest BCUT2D eigenvalue weighted by Gasteiger charge is 2.28. The lowest BCUT2D eigenvalue weighted by molar-refractivity contribution is 0.0246. The molecule has 1 saturated heterocycles. The Morgan fingerprint density at radius 2 is 1.84 bits per heavy atom. The van der Waals surface area contributed by atoms with Crippen LogP contribution in [0.15, 0.2) is 24.3 Å². The third kappa shape index (κ3) is 3.53. The SMILES string of the molecule is CC(N)C(c1ccc(F)cc1)N(C)C1CCOCC1. The Balaban J connectivity index is 2.16. The fraction of sp³-hybridized carbons (Fsp3) is 0.600. The zero-order valence-electron chi connectivity index (χ0n) is 11.7. The van der Waals surface area contributed by atoms with E-state index >= 15 is 0 Å². The van der Waals surface area contributed by atoms with Crippen molar-refractivity contribution in [2.45, 2.75) is 37.9 Å². The molecule has 0 aromatic heterocycles. The zero-order valence-corrected chi connectivity index (χ0v) is 11.7. The van der Waals surface area contributed by atoms with Crippen LogP contribution in [0.5, 0.6) is 0 Å². The fourth-order valence-corrected chi connectivity index (χ4v) is 2.89. The van der Waals surface area contributed by atoms with Gasteiger partial charge in [-0.3, -0.25) is 4.90 Å². The number of likely N-dealkylation sites (N-methyl/N-ethyl adjacent to an activating group) is 1. The Kier molecular flexibility index (Phi) is 4.91. The molecule has 0 amide bonds. The Hall–Kier alpha value is -0.970. The first-order chi connectivity index (χ1) is 9.09. The van der Waals surface area contributed by atoms with Crippen LogP contribution in [0.3, 0.4) is 0 Å². The number of nitrogens with two attached hydrogens (primary N) is 1. The molecule has 0 saturated carbocycles. The quantitative estimate of drug-likeness (QED) is 0.909. The number of benzene rings is 1. The van der Waals surface area contributed by atoms with E-state index in [1.165, 1.54) is 12.1 Å². The van der Waals surface area contributed by atoms with Crippen molar-refractivity contribution in [3.05, 3.63) is 35.6 Å². The van der Waals surface area contributed by atoms with Crippen LogP contribution in [0.25, 0.3) is 0 Å². The largest absolute Gasteiger partial charge is 0.381 e. The van der Waals surface area contributed by atoms with Gasteiger partial charge in [0.15, 0.2) is 0 Å². The van der Waals surface area contributed by atoms with Crippen molar-refractivity contribution in [2.24, 2.45) is 5.73 Å². The van der Waals surface area contributed by atoms with E-state index in [-0.39, 0.29) is 17.9 Å². The van der Waals surface area contributed by atoms with Gasteiger partial charge < -0.3 is 10.5 Å². The Morgan fingerprint density at radius 3 is 2.37 bits per heavy atom. The maximum absolute atomic E-state index is 13.0. The maximum atomic E-state index is 13.0. The van der Waals surface area contributed by atoms with Gasteiger partial charge in [0.05, 0.1) is 0 Å². The van der Waals surface area contributed by atoms with Crippen molar-refractivity contribution in [1.29, 1.82) is 0 Å². The minimum absolute atomic E-state index is 0.00157. The summed E-state index contributed by atoms with van der Waals surface area (Å²) in [5.74, 6) is -0.208. The van der Waals surface area contributed by atoms with E-state index in [0.29, 0.717) is 6.04 Å². The van der Waals surface area contributed by atoms with E-state index in [1.54, 1.807) is 0 Å². The predicted octanol–water partition coefficient (Wildman–Crippen LogP) is 2.32. The van der Waals surface area contributed by atoms with Crippen LogP contribution < -0.4 is 5.73 Å². The summed E-state index contributed by atoms with van der Waals surface area (Å²) < 4.78 is 18.4. The van der Waals surface area contributed by atoms with E-state index < -0.39 is 0 Å². The average molecular weight is 266 g/mol. The third-order valence-electron chi connectivity index (χ3n) is 3.92. The van der Waals surface area contributed by atoms with Gasteiger partial charge in [0.2, 0.25) is 0 Å². The van der Waals surface area contributed by atoms with Crippen molar-refractivity contribution >= 4 is 0 Å². The van der Waals surface area contributed by atoms with Crippen LogP contribution in [0.2, 0.25) is 0 Å². The van der Waals surface area contributed by atoms with Crippen LogP contribution >= 0.6 is 0 Å². The van der Waals surface area contributed by atoms with Crippen molar-refractivity contribution < 1.29 is 9.13 Å². The fourth-order valence-electron chi connectivity index (χ4n) is 2.89. The molecule has 0 bridgehead atoms. The van der Waals surface area contributed by atoms with Crippen LogP contribution in [-0.4, -0.2) is 37.2 Å². The second kappa shape index (κ2) is 6.46. The molecule has 2 atom stereocenters. The number of hydrogen-bond acceptors (Lipinski definition) is 3. The highest BCUT2D eigenvalue weighted by molar-refractivity contribution is 5.21. The highest BCUT2D eigenvalue weighted by atomic mass is 19.1. The molecular formula is C15H23FN2O. The smallest absolute Gasteiger partial charge is 0.123 e. The lowest BCUT2D eigenvalue weighted by atomic mass is 9.96. The lowest BCUT2D eigenvalue weighted by Crippen LogP contribution is -2.45. The molecule has 1 aliphatic heterocycles. The van der Waals surface area contributed by atoms with E-state index in [9.17, 15) is 4.39 Å². The van der Waals surface area contributed by atoms with Gasteiger partial charge >= 0.3 is 0 Å². The van der Waals surface area contributed by atoms with Gasteiger partial charge in [0.1, 0.15) is 5.82 Å². The molecule has 1 aromatic carbocycles. The molecule has 2 unspecified atom stereocenters. The first-order valence-corrected chi connectivity index (χ1v) is 6.90. The zero-order chi connectivity index (χ0) is 13.8. The van der Waals surface area contributed by atoms with Crippen molar-refractivity contribution in [3.8, 4) is 0 Å². The summed E-state index contributed by atoms with van der Waals surface area (Å²) in [4.78, 5) is 2.32. The second-order valence-electron chi connectivity index (χ2n) is 5.36. The Morgan fingerprint density at radius 1 is 1.26 bits per heavy atom. The molecule has 0 aliphatic carbocycles. The van der Waals surface area contributed by atoms with E-state index in [1.807, 2.05) is 19.1 Å². The van der Waals surface area contributed by atoms with Crippen molar-refractivity contribution in [2.75, 3.05) is 20.3 Å². The topological polar surface area (TPSA) is 38.5 Å². The highest BCUT2D eigenvalue weighted by Crippen LogP contribution is 2.27. The van der Waals surface area contributed by atoms with Gasteiger partial charge in [-0.1, -0.05) is 12.1 Å². The van der Waals surface area contributed by atoms with E-state index in [2.05, 4.69) is 11.9 Å². The van der Waals surface area contributed by atoms with Crippen LogP contribution in [0.1, 0.15) is 31.4 Å². The molecule has 1 heterocycles. The summed E-state index contributed by atoms with van der Waals surface area (Å²) in [7, 11) is 2.10. The van der Waals surface area contributed by atoms with Gasteiger partial charge in [0.25, 0.3) is 0 Å². The van der Waals surface area contributed by atoms with E-state index in [0.717, 1.165) is 31.6 Å². The summed E-state index contributed by atoms with van der Waals surface area (Å²) in [6.45, 7) is 3.62. The normalized spacial score (nSPS) is 20.5. The van der Waals surface area contributed by atoms with Gasteiger partial charge in [0, 0.05) is 31.3 Å². The Labute approximate surface area is 114 Å². The molecule has 3 nitrogen and oxygen atoms in total. The minimum Gasteiger partial charge on any atom is -0.381 e. The average Bonchev–Trinajstić information content (AvgIpc) is 2.42. The first-order valence-electron chi connectivity index (χ1n) is 6.90. The van der Waals surface area contributed by atoms with Crippen LogP contribution in [0.4, 0.5) is 4.39 Å². The number of rotatable bonds is 4. The standard InChI is InChI=1S/C15H23FN2O/c1-11(17)15(12-3-5-13(16)6-4-12)18(2)14-7-9-19-10-8-14/h3-6,11,14-15H,7-10,17H2,1-2H3. The molecule has 106 valence electrons. The van der Waals surface area contributed by atoms with Crippen molar-refractivity contribution in [3.63, 3.8) is 0 Å². The first kappa shape index (κ1) is 14.4. The third-order valence-corrected chi connectivity index (χ3v) is 3.92. The number of nitrogens with zero attached hydrogens (tertiary/aromatic N) is 1. The van der Waals surface area contributed by atoms with Gasteiger partial charge in [-0.15, -0.1) is 0 Å². The van der Waals surface area contributed by atoms with Gasteiger partial charge in [-0.05, 0) is 44.5 Å². The monoisotopic (exact) mass is 266 g/mol. The van der Waals surface area contributed by atoms with Gasteiger partial charge in [-0.25, -0.2) is 4.39 Å². The van der Waals surface area contributed by atoms with E-state index in [4.69, 9.17) is 10.5 Å².